The minimum Gasteiger partial charge on any atom is -0.459 e. The first kappa shape index (κ1) is 21.7. The Labute approximate surface area is 153 Å². The van der Waals surface area contributed by atoms with Crippen LogP contribution in [-0.2, 0) is 14.3 Å². The first-order valence-electron chi connectivity index (χ1n) is 9.06. The van der Waals surface area contributed by atoms with Crippen LogP contribution in [0.3, 0.4) is 0 Å². The van der Waals surface area contributed by atoms with Gasteiger partial charge in [0.05, 0.1) is 18.3 Å². The Morgan fingerprint density at radius 1 is 1.40 bits per heavy atom. The van der Waals surface area contributed by atoms with Gasteiger partial charge in [-0.15, -0.1) is 5.54 Å². The van der Waals surface area contributed by atoms with E-state index in [1.807, 2.05) is 31.2 Å². The molecule has 0 radical (unpaired) electrons. The highest BCUT2D eigenvalue weighted by Gasteiger charge is 2.29. The fourth-order valence-corrected chi connectivity index (χ4v) is 3.12. The summed E-state index contributed by atoms with van der Waals surface area (Å²) in [6.07, 6.45) is 8.83. The molecule has 0 aromatic rings. The number of hydrogen-bond acceptors (Lipinski definition) is 4. The van der Waals surface area contributed by atoms with Gasteiger partial charge in [0, 0.05) is 13.3 Å². The molecule has 0 saturated carbocycles. The predicted octanol–water partition coefficient (Wildman–Crippen LogP) is 3.62. The largest absolute Gasteiger partial charge is 0.459 e. The quantitative estimate of drug-likeness (QED) is 0.350. The summed E-state index contributed by atoms with van der Waals surface area (Å²) in [5.74, 6) is 2.76. The number of carbonyl (C=O) groups is 1. The average molecular weight is 365 g/mol. The average Bonchev–Trinajstić information content (AvgIpc) is 2.49. The lowest BCUT2D eigenvalue weighted by Crippen LogP contribution is -2.40. The number of allylic oxidation sites excluding steroid dienone is 1. The van der Waals surface area contributed by atoms with Gasteiger partial charge in [-0.1, -0.05) is 50.7 Å². The zero-order valence-electron chi connectivity index (χ0n) is 16.1. The van der Waals surface area contributed by atoms with E-state index in [0.29, 0.717) is 19.3 Å². The van der Waals surface area contributed by atoms with E-state index in [-0.39, 0.29) is 24.3 Å². The molecule has 0 aromatic carbocycles. The predicted molar refractivity (Wildman–Crippen MR) is 104 cm³/mol. The molecule has 0 fully saturated rings. The van der Waals surface area contributed by atoms with Gasteiger partial charge in [-0.2, -0.15) is 0 Å². The molecule has 1 aliphatic heterocycles. The normalized spacial score (nSPS) is 26.9. The third kappa shape index (κ3) is 9.06. The number of hydrogen-bond donors (Lipinski definition) is 1. The van der Waals surface area contributed by atoms with Crippen molar-refractivity contribution in [3.63, 3.8) is 0 Å². The second-order valence-electron chi connectivity index (χ2n) is 7.44. The van der Waals surface area contributed by atoms with Gasteiger partial charge < -0.3 is 14.6 Å². The van der Waals surface area contributed by atoms with Crippen LogP contribution in [0.4, 0.5) is 0 Å². The zero-order valence-corrected chi connectivity index (χ0v) is 17.1. The van der Waals surface area contributed by atoms with Crippen molar-refractivity contribution in [1.82, 2.24) is 0 Å². The molecule has 0 unspecified atom stereocenters. The van der Waals surface area contributed by atoms with Crippen molar-refractivity contribution >= 4 is 14.0 Å². The second-order valence-corrected chi connectivity index (χ2v) is 12.2. The minimum atomic E-state index is -1.39. The molecule has 25 heavy (non-hydrogen) atoms. The monoisotopic (exact) mass is 364 g/mol. The van der Waals surface area contributed by atoms with Gasteiger partial charge in [-0.05, 0) is 25.3 Å². The second kappa shape index (κ2) is 10.6. The van der Waals surface area contributed by atoms with E-state index in [1.54, 1.807) is 0 Å². The number of ether oxygens (including phenoxy) is 2. The van der Waals surface area contributed by atoms with Gasteiger partial charge in [0.2, 0.25) is 0 Å². The van der Waals surface area contributed by atoms with Crippen molar-refractivity contribution in [2.45, 2.75) is 83.6 Å². The summed E-state index contributed by atoms with van der Waals surface area (Å²) in [6, 6.07) is 0. The molecule has 0 amide bonds. The molecule has 1 aliphatic rings. The summed E-state index contributed by atoms with van der Waals surface area (Å²) in [7, 11) is -1.39. The van der Waals surface area contributed by atoms with Crippen LogP contribution in [0, 0.1) is 11.5 Å². The molecule has 0 spiro atoms. The first-order chi connectivity index (χ1) is 11.7. The maximum Gasteiger partial charge on any atom is 0.303 e. The lowest BCUT2D eigenvalue weighted by Gasteiger charge is -2.32. The van der Waals surface area contributed by atoms with Crippen molar-refractivity contribution in [1.29, 1.82) is 0 Å². The Bertz CT molecular complexity index is 536. The molecule has 4 nitrogen and oxygen atoms in total. The lowest BCUT2D eigenvalue weighted by atomic mass is 10.0. The van der Waals surface area contributed by atoms with Gasteiger partial charge >= 0.3 is 5.97 Å². The van der Waals surface area contributed by atoms with Crippen LogP contribution in [0.2, 0.25) is 19.6 Å². The topological polar surface area (TPSA) is 55.8 Å². The molecule has 1 rings (SSSR count). The highest BCUT2D eigenvalue weighted by atomic mass is 28.3. The van der Waals surface area contributed by atoms with E-state index in [9.17, 15) is 9.90 Å². The summed E-state index contributed by atoms with van der Waals surface area (Å²) in [5, 5.41) is 10.2. The first-order valence-corrected chi connectivity index (χ1v) is 12.6. The maximum absolute atomic E-state index is 11.5. The highest BCUT2D eigenvalue weighted by Crippen LogP contribution is 2.22. The van der Waals surface area contributed by atoms with Crippen LogP contribution >= 0.6 is 0 Å². The molecular formula is C20H32O4Si. The molecule has 0 aromatic heterocycles. The van der Waals surface area contributed by atoms with E-state index >= 15 is 0 Å². The number of aliphatic hydroxyl groups excluding tert-OH is 1. The molecular weight excluding hydrogens is 332 g/mol. The van der Waals surface area contributed by atoms with Crippen molar-refractivity contribution in [2.24, 2.45) is 0 Å². The number of esters is 1. The number of carbonyl (C=O) groups excluding carboxylic acids is 1. The molecule has 0 saturated heterocycles. The Morgan fingerprint density at radius 2 is 2.08 bits per heavy atom. The maximum atomic E-state index is 11.5. The summed E-state index contributed by atoms with van der Waals surface area (Å²) in [6.45, 7) is 9.98. The molecule has 1 heterocycles. The fraction of sp³-hybridized carbons (Fsp3) is 0.650. The van der Waals surface area contributed by atoms with Crippen molar-refractivity contribution in [3.8, 4) is 11.5 Å². The molecule has 1 N–H and O–H groups in total. The van der Waals surface area contributed by atoms with Gasteiger partial charge in [0.15, 0.2) is 0 Å². The van der Waals surface area contributed by atoms with E-state index in [0.717, 1.165) is 6.42 Å². The molecule has 5 heteroatoms. The Hall–Kier alpha value is -1.35. The van der Waals surface area contributed by atoms with E-state index < -0.39 is 14.2 Å². The Morgan fingerprint density at radius 3 is 2.68 bits per heavy atom. The zero-order chi connectivity index (χ0) is 18.9. The van der Waals surface area contributed by atoms with Crippen LogP contribution in [-0.4, -0.2) is 43.6 Å². The van der Waals surface area contributed by atoms with Crippen molar-refractivity contribution < 1.29 is 19.4 Å². The smallest absolute Gasteiger partial charge is 0.303 e. The molecule has 0 bridgehead atoms. The number of aliphatic hydroxyl groups is 1. The highest BCUT2D eigenvalue weighted by molar-refractivity contribution is 6.83. The van der Waals surface area contributed by atoms with Crippen LogP contribution in [0.1, 0.15) is 39.5 Å². The van der Waals surface area contributed by atoms with Crippen LogP contribution in [0.25, 0.3) is 0 Å². The fourth-order valence-electron chi connectivity index (χ4n) is 2.60. The van der Waals surface area contributed by atoms with Gasteiger partial charge in [0.25, 0.3) is 0 Å². The summed E-state index contributed by atoms with van der Waals surface area (Å²) < 4.78 is 11.6. The van der Waals surface area contributed by atoms with Crippen LogP contribution < -0.4 is 0 Å². The Balaban J connectivity index is 2.82. The lowest BCUT2D eigenvalue weighted by molar-refractivity contribution is -0.163. The van der Waals surface area contributed by atoms with Gasteiger partial charge in [-0.25, -0.2) is 0 Å². The third-order valence-electron chi connectivity index (χ3n) is 3.84. The summed E-state index contributed by atoms with van der Waals surface area (Å²) >= 11 is 0. The molecule has 140 valence electrons. The SMILES string of the molecule is CC[C@H]1O[C@@H]([C@@H](C/C=C/C#C[Si](C)(C)C)OC(C)=O)C/C=C\C[C@H]1O. The Kier molecular flexibility index (Phi) is 9.19. The summed E-state index contributed by atoms with van der Waals surface area (Å²) in [4.78, 5) is 11.5. The van der Waals surface area contributed by atoms with Crippen molar-refractivity contribution in [3.05, 3.63) is 24.3 Å². The van der Waals surface area contributed by atoms with Gasteiger partial charge in [0.1, 0.15) is 14.2 Å². The third-order valence-corrected chi connectivity index (χ3v) is 4.74. The number of rotatable bonds is 5. The standard InChI is InChI=1S/C20H32O4Si/c1-6-18-17(22)12-9-10-14-20(24-18)19(23-16(2)21)13-8-7-11-15-25(3,4)5/h7-10,17-20,22H,6,12-14H2,1-5H3/b8-7+,10-9-/t17-,18-,19-,20-/m1/s1. The van der Waals surface area contributed by atoms with E-state index in [1.165, 1.54) is 6.92 Å². The van der Waals surface area contributed by atoms with E-state index in [2.05, 4.69) is 31.1 Å². The van der Waals surface area contributed by atoms with Gasteiger partial charge in [-0.3, -0.25) is 4.79 Å². The van der Waals surface area contributed by atoms with Crippen molar-refractivity contribution in [2.75, 3.05) is 0 Å². The van der Waals surface area contributed by atoms with Crippen LogP contribution in [0.5, 0.6) is 0 Å². The molecule has 4 atom stereocenters. The van der Waals surface area contributed by atoms with E-state index in [4.69, 9.17) is 9.47 Å². The molecule has 0 aliphatic carbocycles. The summed E-state index contributed by atoms with van der Waals surface area (Å²) in [5.41, 5.74) is 3.28. The minimum absolute atomic E-state index is 0.247. The van der Waals surface area contributed by atoms with Crippen LogP contribution in [0.15, 0.2) is 24.3 Å².